The molecule has 1 aromatic carbocycles. The zero-order valence-electron chi connectivity index (χ0n) is 25.1. The van der Waals surface area contributed by atoms with Crippen molar-refractivity contribution in [2.45, 2.75) is 38.3 Å². The minimum absolute atomic E-state index is 0.0169. The quantitative estimate of drug-likeness (QED) is 0.206. The van der Waals surface area contributed by atoms with Crippen molar-refractivity contribution in [3.05, 3.63) is 63.1 Å². The van der Waals surface area contributed by atoms with Crippen LogP contribution in [0, 0.1) is 25.7 Å². The van der Waals surface area contributed by atoms with Crippen LogP contribution >= 0.6 is 0 Å². The van der Waals surface area contributed by atoms with Gasteiger partial charge in [-0.2, -0.15) is 0 Å². The van der Waals surface area contributed by atoms with E-state index in [4.69, 9.17) is 5.73 Å². The maximum absolute atomic E-state index is 14.1. The van der Waals surface area contributed by atoms with Crippen LogP contribution in [0.15, 0.2) is 34.9 Å². The fourth-order valence-corrected chi connectivity index (χ4v) is 6.63. The Labute approximate surface area is 252 Å². The van der Waals surface area contributed by atoms with Gasteiger partial charge < -0.3 is 36.4 Å². The number of aliphatic hydroxyl groups is 3. The van der Waals surface area contributed by atoms with Crippen molar-refractivity contribution in [3.8, 4) is 5.75 Å². The number of carbonyl (C=O) groups is 4. The number of nitrogens with one attached hydrogen (secondary N) is 1. The average Bonchev–Trinajstić information content (AvgIpc) is 2.93. The van der Waals surface area contributed by atoms with E-state index in [1.807, 2.05) is 0 Å². The largest absolute Gasteiger partial charge is 0.510 e. The molecule has 3 aliphatic rings. The van der Waals surface area contributed by atoms with Crippen LogP contribution in [0.3, 0.4) is 0 Å². The van der Waals surface area contributed by atoms with E-state index < -0.39 is 69.7 Å². The lowest BCUT2D eigenvalue weighted by atomic mass is 9.58. The van der Waals surface area contributed by atoms with E-state index in [1.165, 1.54) is 17.2 Å². The number of anilines is 2. The molecule has 0 saturated carbocycles. The normalized spacial score (nSPS) is 24.6. The van der Waals surface area contributed by atoms with Crippen molar-refractivity contribution in [1.82, 2.24) is 14.9 Å². The van der Waals surface area contributed by atoms with E-state index >= 15 is 0 Å². The van der Waals surface area contributed by atoms with Gasteiger partial charge in [0, 0.05) is 31.3 Å². The third kappa shape index (κ3) is 4.32. The summed E-state index contributed by atoms with van der Waals surface area (Å²) in [7, 11) is 6.57. The molecule has 0 aliphatic heterocycles. The smallest absolute Gasteiger partial charge is 0.275 e. The fraction of sp³-hybridized carbons (Fsp3) is 0.400. The van der Waals surface area contributed by atoms with E-state index in [1.54, 1.807) is 46.9 Å². The van der Waals surface area contributed by atoms with Gasteiger partial charge in [-0.05, 0) is 58.3 Å². The molecule has 7 N–H and O–H groups in total. The van der Waals surface area contributed by atoms with E-state index in [0.717, 1.165) is 0 Å². The number of benzene rings is 1. The molecule has 0 fully saturated rings. The Morgan fingerprint density at radius 3 is 2.32 bits per heavy atom. The Morgan fingerprint density at radius 2 is 1.75 bits per heavy atom. The van der Waals surface area contributed by atoms with E-state index in [-0.39, 0.29) is 35.4 Å². The second-order valence-electron chi connectivity index (χ2n) is 11.9. The third-order valence-electron chi connectivity index (χ3n) is 8.85. The molecular formula is C30H34N6O8. The van der Waals surface area contributed by atoms with Gasteiger partial charge in [0.25, 0.3) is 11.8 Å². The average molecular weight is 607 g/mol. The summed E-state index contributed by atoms with van der Waals surface area (Å²) >= 11 is 0. The van der Waals surface area contributed by atoms with E-state index in [9.17, 15) is 39.6 Å². The highest BCUT2D eigenvalue weighted by Crippen LogP contribution is 2.54. The number of allylic oxidation sites excluding steroid dienone is 1. The first-order valence-electron chi connectivity index (χ1n) is 13.8. The lowest BCUT2D eigenvalue weighted by Crippen LogP contribution is -2.63. The van der Waals surface area contributed by atoms with Crippen LogP contribution in [0.2, 0.25) is 0 Å². The summed E-state index contributed by atoms with van der Waals surface area (Å²) in [5, 5.41) is 48.2. The molecule has 4 unspecified atom stereocenters. The molecule has 1 aromatic heterocycles. The molecule has 2 amide bonds. The molecular weight excluding hydrogens is 572 g/mol. The number of hydrogen-bond donors (Lipinski definition) is 6. The van der Waals surface area contributed by atoms with Gasteiger partial charge in [0.1, 0.15) is 22.8 Å². The van der Waals surface area contributed by atoms with E-state index in [2.05, 4.69) is 15.3 Å². The predicted molar refractivity (Wildman–Crippen MR) is 157 cm³/mol. The molecule has 0 saturated heterocycles. The number of rotatable bonds is 5. The monoisotopic (exact) mass is 606 g/mol. The summed E-state index contributed by atoms with van der Waals surface area (Å²) in [6.45, 7) is 3.43. The number of Topliss-reactive ketones (excluding diaryl/α,β-unsaturated/α-hetero) is 2. The highest BCUT2D eigenvalue weighted by molar-refractivity contribution is 6.25. The molecule has 14 nitrogen and oxygen atoms in total. The van der Waals surface area contributed by atoms with Crippen molar-refractivity contribution in [2.24, 2.45) is 17.6 Å². The number of primary amides is 1. The number of carbonyl (C=O) groups excluding carboxylic acids is 4. The number of phenols is 1. The molecule has 5 rings (SSSR count). The van der Waals surface area contributed by atoms with Crippen LogP contribution in [0.4, 0.5) is 11.4 Å². The van der Waals surface area contributed by atoms with Crippen molar-refractivity contribution in [2.75, 3.05) is 38.4 Å². The van der Waals surface area contributed by atoms with Gasteiger partial charge in [0.15, 0.2) is 17.1 Å². The Morgan fingerprint density at radius 1 is 1.09 bits per heavy atom. The molecule has 14 heteroatoms. The summed E-state index contributed by atoms with van der Waals surface area (Å²) in [5.41, 5.74) is 3.20. The maximum atomic E-state index is 14.1. The SMILES string of the molecule is Cc1ncc(C(=O)Nc2cc(N(C)C)c3c(c2O)C(=O)C2=C(O)C4(O)C(=O)C(C(N)=O)=C(O)C(N(C)C)C4CC2C3)nc1C. The molecule has 4 atom stereocenters. The number of aromatic nitrogens is 2. The van der Waals surface area contributed by atoms with Gasteiger partial charge >= 0.3 is 0 Å². The second-order valence-corrected chi connectivity index (χ2v) is 11.9. The first-order valence-corrected chi connectivity index (χ1v) is 13.8. The highest BCUT2D eigenvalue weighted by Gasteiger charge is 2.63. The number of likely N-dealkylation sites (N-methyl/N-ethyl adjacent to an activating group) is 1. The molecule has 3 aliphatic carbocycles. The molecule has 232 valence electrons. The third-order valence-corrected chi connectivity index (χ3v) is 8.85. The number of nitrogens with two attached hydrogens (primary N) is 1. The first kappa shape index (κ1) is 30.6. The Balaban J connectivity index is 1.66. The second kappa shape index (κ2) is 10.4. The summed E-state index contributed by atoms with van der Waals surface area (Å²) < 4.78 is 0. The summed E-state index contributed by atoms with van der Waals surface area (Å²) in [4.78, 5) is 64.5. The van der Waals surface area contributed by atoms with Gasteiger partial charge in [0.05, 0.1) is 34.9 Å². The number of nitrogens with zero attached hydrogens (tertiary/aromatic N) is 4. The Hall–Kier alpha value is -4.82. The minimum atomic E-state index is -2.75. The number of aryl methyl sites for hydroxylation is 2. The summed E-state index contributed by atoms with van der Waals surface area (Å²) in [6.07, 6.45) is 1.35. The number of aromatic hydroxyl groups is 1. The van der Waals surface area contributed by atoms with Crippen LogP contribution in [-0.2, 0) is 16.0 Å². The molecule has 0 bridgehead atoms. The van der Waals surface area contributed by atoms with Crippen molar-refractivity contribution < 1.29 is 39.6 Å². The minimum Gasteiger partial charge on any atom is -0.510 e. The van der Waals surface area contributed by atoms with Gasteiger partial charge in [0.2, 0.25) is 5.78 Å². The molecule has 0 spiro atoms. The summed E-state index contributed by atoms with van der Waals surface area (Å²) in [5.74, 6) is -8.22. The number of ketones is 2. The van der Waals surface area contributed by atoms with Crippen molar-refractivity contribution in [1.29, 1.82) is 0 Å². The van der Waals surface area contributed by atoms with Gasteiger partial charge in [-0.1, -0.05) is 0 Å². The molecule has 44 heavy (non-hydrogen) atoms. The molecule has 2 aromatic rings. The number of amides is 2. The van der Waals surface area contributed by atoms with Crippen LogP contribution in [0.25, 0.3) is 0 Å². The van der Waals surface area contributed by atoms with E-state index in [0.29, 0.717) is 22.6 Å². The maximum Gasteiger partial charge on any atom is 0.275 e. The lowest BCUT2D eigenvalue weighted by molar-refractivity contribution is -0.148. The number of phenolic OH excluding ortho intramolecular Hbond substituents is 1. The fourth-order valence-electron chi connectivity index (χ4n) is 6.63. The van der Waals surface area contributed by atoms with Crippen LogP contribution < -0.4 is 16.0 Å². The standard InChI is InChI=1S/C30H34N6O8/c1-11-12(2)33-17(10-32-11)29(43)34-16-9-18(35(3)4)14-7-13-8-15-22(36(5)6)25(39)21(28(31)42)27(41)30(15,44)26(40)19(13)24(38)20(14)23(16)37/h9-10,13,15,22,37,39-40,44H,7-8H2,1-6H3,(H2,31,42)(H,34,43). The lowest BCUT2D eigenvalue weighted by Gasteiger charge is -2.50. The van der Waals surface area contributed by atoms with Crippen molar-refractivity contribution >= 4 is 34.8 Å². The molecule has 0 radical (unpaired) electrons. The topological polar surface area (TPSA) is 220 Å². The van der Waals surface area contributed by atoms with Crippen LogP contribution in [0.1, 0.15) is 44.2 Å². The van der Waals surface area contributed by atoms with Gasteiger partial charge in [-0.3, -0.25) is 29.1 Å². The zero-order chi connectivity index (χ0) is 32.6. The highest BCUT2D eigenvalue weighted by atomic mass is 16.3. The number of aliphatic hydroxyl groups excluding tert-OH is 2. The van der Waals surface area contributed by atoms with Crippen LogP contribution in [-0.4, -0.2) is 98.5 Å². The number of hydrogen-bond acceptors (Lipinski definition) is 12. The van der Waals surface area contributed by atoms with Crippen molar-refractivity contribution in [3.63, 3.8) is 0 Å². The zero-order valence-corrected chi connectivity index (χ0v) is 25.1. The Bertz CT molecular complexity index is 1730. The predicted octanol–water partition coefficient (Wildman–Crippen LogP) is 0.846. The van der Waals surface area contributed by atoms with Crippen LogP contribution in [0.5, 0.6) is 5.75 Å². The molecule has 1 heterocycles. The number of fused-ring (bicyclic) bond motifs is 3. The van der Waals surface area contributed by atoms with Gasteiger partial charge in [-0.25, -0.2) is 4.98 Å². The summed E-state index contributed by atoms with van der Waals surface area (Å²) in [6, 6.07) is 0.426. The first-order chi connectivity index (χ1) is 20.5. The Kier molecular flexibility index (Phi) is 7.25. The van der Waals surface area contributed by atoms with Gasteiger partial charge in [-0.15, -0.1) is 0 Å².